The minimum Gasteiger partial charge on any atom is -0.379 e. The highest BCUT2D eigenvalue weighted by Gasteiger charge is 2.41. The highest BCUT2D eigenvalue weighted by molar-refractivity contribution is 5.84. The molecule has 0 bridgehead atoms. The highest BCUT2D eigenvalue weighted by Crippen LogP contribution is 2.36. The lowest BCUT2D eigenvalue weighted by atomic mass is 9.78. The van der Waals surface area contributed by atoms with Gasteiger partial charge in [0, 0.05) is 23.6 Å². The number of hydrogen-bond donors (Lipinski definition) is 2. The number of aromatic nitrogens is 1. The van der Waals surface area contributed by atoms with Gasteiger partial charge in [-0.05, 0) is 18.2 Å². The van der Waals surface area contributed by atoms with Crippen molar-refractivity contribution in [2.75, 3.05) is 26.3 Å². The van der Waals surface area contributed by atoms with Gasteiger partial charge in [0.15, 0.2) is 0 Å². The van der Waals surface area contributed by atoms with Gasteiger partial charge in [-0.1, -0.05) is 25.1 Å². The molecule has 17 heavy (non-hydrogen) atoms. The fourth-order valence-corrected chi connectivity index (χ4v) is 2.58. The van der Waals surface area contributed by atoms with Gasteiger partial charge >= 0.3 is 0 Å². The summed E-state index contributed by atoms with van der Waals surface area (Å²) in [6, 6.07) is 8.48. The van der Waals surface area contributed by atoms with E-state index in [1.165, 1.54) is 16.5 Å². The van der Waals surface area contributed by atoms with E-state index >= 15 is 0 Å². The van der Waals surface area contributed by atoms with Crippen molar-refractivity contribution in [3.8, 4) is 0 Å². The zero-order valence-electron chi connectivity index (χ0n) is 10.1. The molecule has 0 amide bonds. The fourth-order valence-electron chi connectivity index (χ4n) is 2.58. The van der Waals surface area contributed by atoms with Crippen molar-refractivity contribution in [3.05, 3.63) is 36.0 Å². The van der Waals surface area contributed by atoms with Crippen molar-refractivity contribution in [3.63, 3.8) is 0 Å². The second-order valence-electron chi connectivity index (χ2n) is 4.80. The molecule has 1 aliphatic rings. The molecule has 0 radical (unpaired) electrons. The SMILES string of the molecule is CCNCC1(c2c[nH]c3ccccc23)COC1. The van der Waals surface area contributed by atoms with E-state index in [0.717, 1.165) is 26.3 Å². The summed E-state index contributed by atoms with van der Waals surface area (Å²) in [7, 11) is 0. The minimum atomic E-state index is 0.162. The third kappa shape index (κ3) is 1.66. The number of hydrogen-bond acceptors (Lipinski definition) is 2. The molecule has 0 spiro atoms. The van der Waals surface area contributed by atoms with Gasteiger partial charge in [0.05, 0.1) is 18.6 Å². The maximum Gasteiger partial charge on any atom is 0.0598 e. The van der Waals surface area contributed by atoms with Crippen LogP contribution in [0, 0.1) is 0 Å². The number of H-pyrrole nitrogens is 1. The van der Waals surface area contributed by atoms with Crippen LogP contribution in [0.15, 0.2) is 30.5 Å². The van der Waals surface area contributed by atoms with Crippen molar-refractivity contribution >= 4 is 10.9 Å². The molecule has 0 saturated carbocycles. The number of nitrogens with one attached hydrogen (secondary N) is 2. The second-order valence-corrected chi connectivity index (χ2v) is 4.80. The Hall–Kier alpha value is -1.32. The standard InChI is InChI=1S/C14H18N2O/c1-2-15-8-14(9-17-10-14)12-7-16-13-6-4-3-5-11(12)13/h3-7,15-16H,2,8-10H2,1H3. The molecule has 2 heterocycles. The van der Waals surface area contributed by atoms with Crippen LogP contribution in [0.5, 0.6) is 0 Å². The number of likely N-dealkylation sites (N-methyl/N-ethyl adjacent to an activating group) is 1. The van der Waals surface area contributed by atoms with Gasteiger partial charge in [-0.2, -0.15) is 0 Å². The Bertz CT molecular complexity index is 514. The van der Waals surface area contributed by atoms with E-state index in [1.807, 2.05) is 0 Å². The average Bonchev–Trinajstić information content (AvgIpc) is 2.73. The molecule has 2 N–H and O–H groups in total. The van der Waals surface area contributed by atoms with Crippen LogP contribution in [0.1, 0.15) is 12.5 Å². The molecule has 3 nitrogen and oxygen atoms in total. The van der Waals surface area contributed by atoms with Gasteiger partial charge in [-0.15, -0.1) is 0 Å². The number of fused-ring (bicyclic) bond motifs is 1. The highest BCUT2D eigenvalue weighted by atomic mass is 16.5. The van der Waals surface area contributed by atoms with Crippen LogP contribution in [0.2, 0.25) is 0 Å². The van der Waals surface area contributed by atoms with E-state index in [-0.39, 0.29) is 5.41 Å². The van der Waals surface area contributed by atoms with E-state index in [4.69, 9.17) is 4.74 Å². The van der Waals surface area contributed by atoms with Crippen molar-refractivity contribution in [1.29, 1.82) is 0 Å². The first-order valence-corrected chi connectivity index (χ1v) is 6.21. The van der Waals surface area contributed by atoms with Crippen molar-refractivity contribution < 1.29 is 4.74 Å². The Morgan fingerprint density at radius 2 is 2.18 bits per heavy atom. The molecule has 1 aromatic heterocycles. The van der Waals surface area contributed by atoms with Gasteiger partial charge in [-0.25, -0.2) is 0 Å². The van der Waals surface area contributed by atoms with Crippen LogP contribution >= 0.6 is 0 Å². The monoisotopic (exact) mass is 230 g/mol. The summed E-state index contributed by atoms with van der Waals surface area (Å²) in [5.41, 5.74) is 2.76. The zero-order valence-corrected chi connectivity index (χ0v) is 10.1. The first-order valence-electron chi connectivity index (χ1n) is 6.21. The molecule has 0 aliphatic carbocycles. The molecule has 1 saturated heterocycles. The molecule has 1 aliphatic heterocycles. The van der Waals surface area contributed by atoms with Crippen molar-refractivity contribution in [1.82, 2.24) is 10.3 Å². The lowest BCUT2D eigenvalue weighted by molar-refractivity contribution is -0.0580. The molecular formula is C14H18N2O. The van der Waals surface area contributed by atoms with Crippen molar-refractivity contribution in [2.24, 2.45) is 0 Å². The molecule has 3 heteroatoms. The summed E-state index contributed by atoms with van der Waals surface area (Å²) >= 11 is 0. The second kappa shape index (κ2) is 4.17. The first kappa shape index (κ1) is 10.8. The summed E-state index contributed by atoms with van der Waals surface area (Å²) in [5.74, 6) is 0. The number of rotatable bonds is 4. The number of benzene rings is 1. The largest absolute Gasteiger partial charge is 0.379 e. The quantitative estimate of drug-likeness (QED) is 0.843. The van der Waals surface area contributed by atoms with Gasteiger partial charge in [-0.3, -0.25) is 0 Å². The fraction of sp³-hybridized carbons (Fsp3) is 0.429. The van der Waals surface area contributed by atoms with E-state index < -0.39 is 0 Å². The molecule has 0 atom stereocenters. The molecular weight excluding hydrogens is 212 g/mol. The summed E-state index contributed by atoms with van der Waals surface area (Å²) in [6.45, 7) is 5.78. The molecule has 3 rings (SSSR count). The first-order chi connectivity index (χ1) is 8.36. The predicted octanol–water partition coefficient (Wildman–Crippen LogP) is 2.05. The maximum absolute atomic E-state index is 5.45. The van der Waals surface area contributed by atoms with Gasteiger partial charge in [0.25, 0.3) is 0 Å². The Balaban J connectivity index is 2.01. The van der Waals surface area contributed by atoms with Crippen LogP contribution in [-0.4, -0.2) is 31.3 Å². The maximum atomic E-state index is 5.45. The molecule has 0 unspecified atom stereocenters. The van der Waals surface area contributed by atoms with Gasteiger partial charge in [0.1, 0.15) is 0 Å². The zero-order chi connectivity index (χ0) is 11.7. The van der Waals surface area contributed by atoms with Gasteiger partial charge < -0.3 is 15.0 Å². The lowest BCUT2D eigenvalue weighted by Crippen LogP contribution is -2.53. The smallest absolute Gasteiger partial charge is 0.0598 e. The minimum absolute atomic E-state index is 0.162. The third-order valence-electron chi connectivity index (χ3n) is 3.63. The number of ether oxygens (including phenoxy) is 1. The van der Waals surface area contributed by atoms with Crippen LogP contribution in [0.3, 0.4) is 0 Å². The molecule has 1 fully saturated rings. The summed E-state index contributed by atoms with van der Waals surface area (Å²) in [5, 5.41) is 4.78. The molecule has 90 valence electrons. The molecule has 1 aromatic carbocycles. The Kier molecular flexibility index (Phi) is 2.65. The van der Waals surface area contributed by atoms with E-state index in [0.29, 0.717) is 0 Å². The van der Waals surface area contributed by atoms with E-state index in [9.17, 15) is 0 Å². The number of para-hydroxylation sites is 1. The number of aromatic amines is 1. The Morgan fingerprint density at radius 1 is 1.35 bits per heavy atom. The normalized spacial score (nSPS) is 18.2. The van der Waals surface area contributed by atoms with E-state index in [2.05, 4.69) is 47.7 Å². The Morgan fingerprint density at radius 3 is 2.88 bits per heavy atom. The lowest BCUT2D eigenvalue weighted by Gasteiger charge is -2.41. The molecule has 2 aromatic rings. The van der Waals surface area contributed by atoms with Gasteiger partial charge in [0.2, 0.25) is 0 Å². The summed E-state index contributed by atoms with van der Waals surface area (Å²) in [6.07, 6.45) is 2.14. The Labute approximate surface area is 101 Å². The predicted molar refractivity (Wildman–Crippen MR) is 69.3 cm³/mol. The van der Waals surface area contributed by atoms with E-state index in [1.54, 1.807) is 0 Å². The average molecular weight is 230 g/mol. The summed E-state index contributed by atoms with van der Waals surface area (Å²) < 4.78 is 5.45. The van der Waals surface area contributed by atoms with Crippen LogP contribution in [0.25, 0.3) is 10.9 Å². The van der Waals surface area contributed by atoms with Crippen molar-refractivity contribution in [2.45, 2.75) is 12.3 Å². The third-order valence-corrected chi connectivity index (χ3v) is 3.63. The summed E-state index contributed by atoms with van der Waals surface area (Å²) in [4.78, 5) is 3.36. The van der Waals surface area contributed by atoms with Crippen LogP contribution < -0.4 is 5.32 Å². The van der Waals surface area contributed by atoms with Crippen LogP contribution in [0.4, 0.5) is 0 Å². The van der Waals surface area contributed by atoms with Crippen LogP contribution in [-0.2, 0) is 10.2 Å². The topological polar surface area (TPSA) is 37.0 Å².